The maximum absolute atomic E-state index is 10.5. The van der Waals surface area contributed by atoms with Crippen LogP contribution in [0.25, 0.3) is 10.2 Å². The number of aromatic nitrogens is 2. The van der Waals surface area contributed by atoms with E-state index in [1.54, 1.807) is 5.38 Å². The molecule has 1 saturated heterocycles. The number of terminal acetylenes is 1. The molecule has 1 aliphatic rings. The van der Waals surface area contributed by atoms with Crippen LogP contribution in [0.15, 0.2) is 11.7 Å². The monoisotopic (exact) mass is 307 g/mol. The van der Waals surface area contributed by atoms with E-state index in [4.69, 9.17) is 16.9 Å². The number of rotatable bonds is 2. The number of nitrogens with two attached hydrogens (primary N) is 1. The zero-order valence-electron chi connectivity index (χ0n) is 10.8. The van der Waals surface area contributed by atoms with Crippen molar-refractivity contribution in [1.82, 2.24) is 9.97 Å². The van der Waals surface area contributed by atoms with Crippen LogP contribution in [-0.2, 0) is 4.74 Å². The highest BCUT2D eigenvalue weighted by Gasteiger charge is 2.55. The summed E-state index contributed by atoms with van der Waals surface area (Å²) < 4.78 is 6.19. The Hall–Kier alpha value is -1.76. The van der Waals surface area contributed by atoms with Gasteiger partial charge in [-0.25, -0.2) is 9.97 Å². The van der Waals surface area contributed by atoms with Gasteiger partial charge in [0.15, 0.2) is 5.60 Å². The molecule has 0 saturated carbocycles. The summed E-state index contributed by atoms with van der Waals surface area (Å²) in [7, 11) is 0. The van der Waals surface area contributed by atoms with Gasteiger partial charge in [-0.05, 0) is 5.38 Å². The van der Waals surface area contributed by atoms with Gasteiger partial charge in [-0.15, -0.1) is 17.8 Å². The van der Waals surface area contributed by atoms with Gasteiger partial charge in [0.2, 0.25) is 0 Å². The summed E-state index contributed by atoms with van der Waals surface area (Å²) in [6.45, 7) is -0.457. The van der Waals surface area contributed by atoms with E-state index in [1.807, 2.05) is 0 Å². The second kappa shape index (κ2) is 4.91. The second-order valence-electron chi connectivity index (χ2n) is 4.78. The van der Waals surface area contributed by atoms with Crippen molar-refractivity contribution < 1.29 is 20.1 Å². The fourth-order valence-corrected chi connectivity index (χ4v) is 3.41. The van der Waals surface area contributed by atoms with Crippen LogP contribution in [0.5, 0.6) is 0 Å². The lowest BCUT2D eigenvalue weighted by Crippen LogP contribution is -2.44. The van der Waals surface area contributed by atoms with E-state index in [0.29, 0.717) is 21.6 Å². The lowest BCUT2D eigenvalue weighted by Gasteiger charge is -2.25. The van der Waals surface area contributed by atoms with Crippen LogP contribution in [0.4, 0.5) is 5.82 Å². The largest absolute Gasteiger partial charge is 0.394 e. The number of aliphatic hydroxyl groups is 3. The van der Waals surface area contributed by atoms with Crippen LogP contribution in [0, 0.1) is 12.3 Å². The molecule has 1 aliphatic heterocycles. The first-order valence-corrected chi connectivity index (χ1v) is 7.03. The number of anilines is 1. The summed E-state index contributed by atoms with van der Waals surface area (Å²) in [5.41, 5.74) is 4.86. The van der Waals surface area contributed by atoms with E-state index >= 15 is 0 Å². The Morgan fingerprint density at radius 3 is 2.95 bits per heavy atom. The molecular formula is C13H13N3O4S. The van der Waals surface area contributed by atoms with Crippen LogP contribution >= 0.6 is 11.3 Å². The average molecular weight is 307 g/mol. The molecule has 0 spiro atoms. The second-order valence-corrected chi connectivity index (χ2v) is 5.66. The number of aliphatic hydroxyl groups excluding tert-OH is 2. The highest BCUT2D eigenvalue weighted by molar-refractivity contribution is 7.17. The number of nitrogen functional groups attached to an aromatic ring is 1. The molecule has 2 aromatic rings. The van der Waals surface area contributed by atoms with Crippen molar-refractivity contribution in [2.45, 2.75) is 23.9 Å². The summed E-state index contributed by atoms with van der Waals surface area (Å²) in [4.78, 5) is 8.03. The topological polar surface area (TPSA) is 122 Å². The maximum Gasteiger partial charge on any atom is 0.184 e. The van der Waals surface area contributed by atoms with Gasteiger partial charge in [-0.3, -0.25) is 0 Å². The lowest BCUT2D eigenvalue weighted by molar-refractivity contribution is -0.0330. The van der Waals surface area contributed by atoms with Gasteiger partial charge in [0.05, 0.1) is 16.8 Å². The molecule has 0 aliphatic carbocycles. The standard InChI is InChI=1S/C13H13N3O4S/c1-2-13(19)10(18)7(3-17)20-11(13)6-4-21-9-8(6)15-5-16-12(9)14/h1,4-5,7,10-11,17-19H,3H2,(H2,14,15,16)/t7-,10-,11-,13-/m1/s1. The highest BCUT2D eigenvalue weighted by Crippen LogP contribution is 2.45. The smallest absolute Gasteiger partial charge is 0.184 e. The molecule has 7 nitrogen and oxygen atoms in total. The molecule has 0 aromatic carbocycles. The Kier molecular flexibility index (Phi) is 3.32. The van der Waals surface area contributed by atoms with Crippen LogP contribution in [0.1, 0.15) is 11.7 Å². The van der Waals surface area contributed by atoms with Crippen LogP contribution < -0.4 is 5.73 Å². The molecule has 4 atom stereocenters. The van der Waals surface area contributed by atoms with Crippen molar-refractivity contribution in [2.75, 3.05) is 12.3 Å². The normalized spacial score (nSPS) is 32.4. The molecule has 8 heteroatoms. The summed E-state index contributed by atoms with van der Waals surface area (Å²) in [5, 5.41) is 31.5. The minimum atomic E-state index is -1.94. The number of ether oxygens (including phenoxy) is 1. The molecule has 0 amide bonds. The van der Waals surface area contributed by atoms with E-state index in [0.717, 1.165) is 0 Å². The first-order chi connectivity index (χ1) is 10.0. The Morgan fingerprint density at radius 2 is 2.29 bits per heavy atom. The van der Waals surface area contributed by atoms with E-state index in [-0.39, 0.29) is 0 Å². The van der Waals surface area contributed by atoms with E-state index in [9.17, 15) is 15.3 Å². The molecule has 3 rings (SSSR count). The average Bonchev–Trinajstić information content (AvgIpc) is 3.01. The zero-order valence-corrected chi connectivity index (χ0v) is 11.6. The first kappa shape index (κ1) is 14.2. The maximum atomic E-state index is 10.5. The number of thiophene rings is 1. The Bertz CT molecular complexity index is 728. The lowest BCUT2D eigenvalue weighted by atomic mass is 9.88. The molecular weight excluding hydrogens is 294 g/mol. The van der Waals surface area contributed by atoms with Crippen molar-refractivity contribution in [3.63, 3.8) is 0 Å². The van der Waals surface area contributed by atoms with Gasteiger partial charge in [0, 0.05) is 5.56 Å². The van der Waals surface area contributed by atoms with Crippen molar-refractivity contribution in [3.8, 4) is 12.3 Å². The third-order valence-electron chi connectivity index (χ3n) is 3.62. The summed E-state index contributed by atoms with van der Waals surface area (Å²) in [5.74, 6) is 2.49. The minimum Gasteiger partial charge on any atom is -0.394 e. The Balaban J connectivity index is 2.14. The molecule has 2 aromatic heterocycles. The van der Waals surface area contributed by atoms with E-state index in [2.05, 4.69) is 15.9 Å². The van der Waals surface area contributed by atoms with Gasteiger partial charge < -0.3 is 25.8 Å². The molecule has 3 heterocycles. The van der Waals surface area contributed by atoms with Crippen molar-refractivity contribution in [1.29, 1.82) is 0 Å². The van der Waals surface area contributed by atoms with Crippen LogP contribution in [0.3, 0.4) is 0 Å². The Labute approximate surface area is 124 Å². The molecule has 5 N–H and O–H groups in total. The number of nitrogens with zero attached hydrogens (tertiary/aromatic N) is 2. The predicted molar refractivity (Wildman–Crippen MR) is 76.3 cm³/mol. The SMILES string of the molecule is C#C[C@]1(O)[C@@H](c2csc3c(N)ncnc23)O[C@H](CO)[C@H]1O. The van der Waals surface area contributed by atoms with E-state index in [1.165, 1.54) is 17.7 Å². The third kappa shape index (κ3) is 1.91. The van der Waals surface area contributed by atoms with Gasteiger partial charge in [-0.1, -0.05) is 5.92 Å². The fraction of sp³-hybridized carbons (Fsp3) is 0.385. The predicted octanol–water partition coefficient (Wildman–Crippen LogP) is -0.569. The van der Waals surface area contributed by atoms with Crippen molar-refractivity contribution in [3.05, 3.63) is 17.3 Å². The number of hydrogen-bond acceptors (Lipinski definition) is 8. The summed E-state index contributed by atoms with van der Waals surface area (Å²) in [6, 6.07) is 0. The zero-order chi connectivity index (χ0) is 15.2. The molecule has 0 radical (unpaired) electrons. The number of fused-ring (bicyclic) bond motifs is 1. The van der Waals surface area contributed by atoms with Gasteiger partial charge >= 0.3 is 0 Å². The first-order valence-electron chi connectivity index (χ1n) is 6.15. The molecule has 0 unspecified atom stereocenters. The highest BCUT2D eigenvalue weighted by atomic mass is 32.1. The molecule has 0 bridgehead atoms. The number of hydrogen-bond donors (Lipinski definition) is 4. The minimum absolute atomic E-state index is 0.317. The third-order valence-corrected chi connectivity index (χ3v) is 4.63. The molecule has 1 fully saturated rings. The summed E-state index contributed by atoms with van der Waals surface area (Å²) in [6.07, 6.45) is 3.31. The molecule has 21 heavy (non-hydrogen) atoms. The molecule has 110 valence electrons. The van der Waals surface area contributed by atoms with Crippen LogP contribution in [0.2, 0.25) is 0 Å². The van der Waals surface area contributed by atoms with Gasteiger partial charge in [-0.2, -0.15) is 0 Å². The van der Waals surface area contributed by atoms with Crippen LogP contribution in [-0.4, -0.2) is 49.7 Å². The van der Waals surface area contributed by atoms with Gasteiger partial charge in [0.1, 0.15) is 30.5 Å². The summed E-state index contributed by atoms with van der Waals surface area (Å²) >= 11 is 1.29. The Morgan fingerprint density at radius 1 is 1.52 bits per heavy atom. The van der Waals surface area contributed by atoms with Crippen molar-refractivity contribution >= 4 is 27.4 Å². The van der Waals surface area contributed by atoms with Gasteiger partial charge in [0.25, 0.3) is 0 Å². The quantitative estimate of drug-likeness (QED) is 0.548. The van der Waals surface area contributed by atoms with E-state index < -0.39 is 30.5 Å². The fourth-order valence-electron chi connectivity index (χ4n) is 2.48. The van der Waals surface area contributed by atoms with Crippen molar-refractivity contribution in [2.24, 2.45) is 0 Å².